The molecule has 0 saturated carbocycles. The van der Waals surface area contributed by atoms with E-state index in [4.69, 9.17) is 19.9 Å². The number of hydrogen-bond acceptors (Lipinski definition) is 5. The summed E-state index contributed by atoms with van der Waals surface area (Å²) in [4.78, 5) is 0. The second-order valence-electron chi connectivity index (χ2n) is 3.56. The van der Waals surface area contributed by atoms with Gasteiger partial charge in [0, 0.05) is 0 Å². The molecule has 2 fully saturated rings. The Balaban J connectivity index is 2.15. The van der Waals surface area contributed by atoms with Gasteiger partial charge < -0.3 is 25.1 Å². The molecule has 4 atom stereocenters. The molecule has 0 unspecified atom stereocenters. The Morgan fingerprint density at radius 3 is 2.42 bits per heavy atom. The molecule has 0 aromatic rings. The van der Waals surface area contributed by atoms with Crippen LogP contribution in [-0.2, 0) is 14.2 Å². The summed E-state index contributed by atoms with van der Waals surface area (Å²) in [6.45, 7) is 3.56. The first kappa shape index (κ1) is 8.40. The van der Waals surface area contributed by atoms with Crippen LogP contribution in [0.25, 0.3) is 0 Å². The number of ether oxygens (including phenoxy) is 3. The molecule has 2 heterocycles. The fourth-order valence-electron chi connectivity index (χ4n) is 1.61. The third-order valence-electron chi connectivity index (χ3n) is 2.07. The van der Waals surface area contributed by atoms with Gasteiger partial charge in [0.2, 0.25) is 0 Å². The van der Waals surface area contributed by atoms with Crippen LogP contribution in [0.1, 0.15) is 13.8 Å². The highest BCUT2D eigenvalue weighted by Gasteiger charge is 2.53. The first-order chi connectivity index (χ1) is 5.49. The standard InChI is InChI=1S/C7H13NO4/c1-7(2)11-3-4(12-7)6(9)10-5(3)8/h3-6,9H,8H2,1-2H3/t3-,4+,5+,6-/m0/s1. The molecule has 5 nitrogen and oxygen atoms in total. The number of aliphatic hydroxyl groups excluding tert-OH is 1. The maximum absolute atomic E-state index is 9.29. The molecule has 12 heavy (non-hydrogen) atoms. The molecule has 2 aliphatic rings. The van der Waals surface area contributed by atoms with Crippen LogP contribution in [0.3, 0.4) is 0 Å². The smallest absolute Gasteiger partial charge is 0.186 e. The van der Waals surface area contributed by atoms with Crippen molar-refractivity contribution in [2.45, 2.75) is 44.4 Å². The first-order valence-corrected chi connectivity index (χ1v) is 3.94. The second kappa shape index (κ2) is 2.40. The largest absolute Gasteiger partial charge is 0.366 e. The molecule has 2 saturated heterocycles. The molecule has 0 aliphatic carbocycles. The SMILES string of the molecule is CC1(C)O[C@@H]2[C@H](O1)[C@H](N)O[C@@H]2O. The highest BCUT2D eigenvalue weighted by Crippen LogP contribution is 2.36. The van der Waals surface area contributed by atoms with E-state index in [0.717, 1.165) is 0 Å². The van der Waals surface area contributed by atoms with Crippen molar-refractivity contribution in [2.24, 2.45) is 5.73 Å². The van der Waals surface area contributed by atoms with Gasteiger partial charge in [-0.3, -0.25) is 0 Å². The van der Waals surface area contributed by atoms with E-state index in [2.05, 4.69) is 0 Å². The van der Waals surface area contributed by atoms with Gasteiger partial charge in [-0.1, -0.05) is 0 Å². The molecule has 0 aromatic carbocycles. The summed E-state index contributed by atoms with van der Waals surface area (Å²) >= 11 is 0. The molecule has 0 amide bonds. The lowest BCUT2D eigenvalue weighted by Crippen LogP contribution is -2.35. The van der Waals surface area contributed by atoms with E-state index in [1.54, 1.807) is 13.8 Å². The van der Waals surface area contributed by atoms with Gasteiger partial charge in [0.15, 0.2) is 12.1 Å². The third-order valence-corrected chi connectivity index (χ3v) is 2.07. The molecule has 0 radical (unpaired) electrons. The van der Waals surface area contributed by atoms with Crippen molar-refractivity contribution in [3.05, 3.63) is 0 Å². The van der Waals surface area contributed by atoms with Crippen LogP contribution < -0.4 is 5.73 Å². The molecule has 2 aliphatic heterocycles. The second-order valence-corrected chi connectivity index (χ2v) is 3.56. The van der Waals surface area contributed by atoms with Crippen molar-refractivity contribution < 1.29 is 19.3 Å². The zero-order valence-corrected chi connectivity index (χ0v) is 7.06. The lowest BCUT2D eigenvalue weighted by molar-refractivity contribution is -0.219. The molecule has 0 bridgehead atoms. The average molecular weight is 175 g/mol. The van der Waals surface area contributed by atoms with Gasteiger partial charge in [0.25, 0.3) is 0 Å². The van der Waals surface area contributed by atoms with E-state index in [0.29, 0.717) is 0 Å². The lowest BCUT2D eigenvalue weighted by Gasteiger charge is -2.20. The van der Waals surface area contributed by atoms with E-state index in [9.17, 15) is 5.11 Å². The molecule has 2 rings (SSSR count). The van der Waals surface area contributed by atoms with Crippen LogP contribution in [0, 0.1) is 0 Å². The van der Waals surface area contributed by atoms with Gasteiger partial charge in [-0.25, -0.2) is 0 Å². The van der Waals surface area contributed by atoms with Crippen molar-refractivity contribution in [2.75, 3.05) is 0 Å². The zero-order valence-electron chi connectivity index (χ0n) is 7.06. The van der Waals surface area contributed by atoms with Crippen molar-refractivity contribution in [1.29, 1.82) is 0 Å². The summed E-state index contributed by atoms with van der Waals surface area (Å²) in [7, 11) is 0. The van der Waals surface area contributed by atoms with Crippen LogP contribution in [0.5, 0.6) is 0 Å². The number of fused-ring (bicyclic) bond motifs is 1. The van der Waals surface area contributed by atoms with Crippen LogP contribution in [0.15, 0.2) is 0 Å². The van der Waals surface area contributed by atoms with E-state index in [1.807, 2.05) is 0 Å². The highest BCUT2D eigenvalue weighted by molar-refractivity contribution is 4.91. The lowest BCUT2D eigenvalue weighted by atomic mass is 10.2. The maximum atomic E-state index is 9.29. The van der Waals surface area contributed by atoms with Crippen LogP contribution in [-0.4, -0.2) is 35.6 Å². The molecule has 70 valence electrons. The normalized spacial score (nSPS) is 51.0. The minimum atomic E-state index is -0.966. The Kier molecular flexibility index (Phi) is 1.68. The number of hydrogen-bond donors (Lipinski definition) is 2. The molecule has 5 heteroatoms. The summed E-state index contributed by atoms with van der Waals surface area (Å²) in [5, 5.41) is 9.29. The first-order valence-electron chi connectivity index (χ1n) is 3.94. The van der Waals surface area contributed by atoms with E-state index in [-0.39, 0.29) is 6.10 Å². The van der Waals surface area contributed by atoms with Crippen molar-refractivity contribution in [3.8, 4) is 0 Å². The maximum Gasteiger partial charge on any atom is 0.186 e. The van der Waals surface area contributed by atoms with Gasteiger partial charge in [-0.15, -0.1) is 0 Å². The zero-order chi connectivity index (χ0) is 8.93. The molecular formula is C7H13NO4. The Morgan fingerprint density at radius 2 is 1.83 bits per heavy atom. The highest BCUT2D eigenvalue weighted by atomic mass is 16.8. The Hall–Kier alpha value is -0.200. The summed E-state index contributed by atoms with van der Waals surface area (Å²) in [6, 6.07) is 0. The summed E-state index contributed by atoms with van der Waals surface area (Å²) in [5.74, 6) is -0.669. The van der Waals surface area contributed by atoms with Gasteiger partial charge in [0.05, 0.1) is 0 Å². The fourth-order valence-corrected chi connectivity index (χ4v) is 1.61. The predicted molar refractivity (Wildman–Crippen MR) is 38.9 cm³/mol. The van der Waals surface area contributed by atoms with Crippen LogP contribution >= 0.6 is 0 Å². The van der Waals surface area contributed by atoms with Crippen LogP contribution in [0.4, 0.5) is 0 Å². The van der Waals surface area contributed by atoms with Gasteiger partial charge >= 0.3 is 0 Å². The molecule has 0 aromatic heterocycles. The number of rotatable bonds is 0. The molecule has 0 spiro atoms. The predicted octanol–water partition coefficient (Wildman–Crippen LogP) is -0.860. The van der Waals surface area contributed by atoms with E-state index >= 15 is 0 Å². The third kappa shape index (κ3) is 1.14. The average Bonchev–Trinajstić information content (AvgIpc) is 2.34. The fraction of sp³-hybridized carbons (Fsp3) is 1.00. The monoisotopic (exact) mass is 175 g/mol. The minimum absolute atomic E-state index is 0.352. The van der Waals surface area contributed by atoms with Crippen molar-refractivity contribution >= 4 is 0 Å². The topological polar surface area (TPSA) is 73.9 Å². The van der Waals surface area contributed by atoms with E-state index in [1.165, 1.54) is 0 Å². The molecular weight excluding hydrogens is 162 g/mol. The minimum Gasteiger partial charge on any atom is -0.366 e. The Morgan fingerprint density at radius 1 is 1.25 bits per heavy atom. The van der Waals surface area contributed by atoms with Crippen LogP contribution in [0.2, 0.25) is 0 Å². The summed E-state index contributed by atoms with van der Waals surface area (Å²) in [6.07, 6.45) is -2.36. The number of nitrogens with two attached hydrogens (primary N) is 1. The number of aliphatic hydroxyl groups is 1. The summed E-state index contributed by atoms with van der Waals surface area (Å²) < 4.78 is 15.7. The Bertz CT molecular complexity index is 178. The Labute approximate surface area is 70.4 Å². The van der Waals surface area contributed by atoms with Crippen molar-refractivity contribution in [1.82, 2.24) is 0 Å². The molecule has 3 N–H and O–H groups in total. The van der Waals surface area contributed by atoms with Gasteiger partial charge in [0.1, 0.15) is 18.4 Å². The summed E-state index contributed by atoms with van der Waals surface area (Å²) in [5.41, 5.74) is 5.54. The van der Waals surface area contributed by atoms with Gasteiger partial charge in [-0.2, -0.15) is 0 Å². The quantitative estimate of drug-likeness (QED) is 0.501. The van der Waals surface area contributed by atoms with E-state index < -0.39 is 24.4 Å². The van der Waals surface area contributed by atoms with Crippen molar-refractivity contribution in [3.63, 3.8) is 0 Å². The van der Waals surface area contributed by atoms with Gasteiger partial charge in [-0.05, 0) is 13.8 Å².